The number of nitrogens with one attached hydrogen (secondary N) is 1. The zero-order chi connectivity index (χ0) is 26.0. The van der Waals surface area contributed by atoms with Gasteiger partial charge in [-0.05, 0) is 30.8 Å². The first kappa shape index (κ1) is 24.8. The molecule has 1 atom stereocenters. The molecule has 0 saturated heterocycles. The molecule has 0 saturated carbocycles. The number of carbonyl (C=O) groups excluding carboxylic acids is 2. The van der Waals surface area contributed by atoms with E-state index in [-0.39, 0.29) is 31.2 Å². The quantitative estimate of drug-likeness (QED) is 0.373. The molecule has 1 aliphatic rings. The van der Waals surface area contributed by atoms with Crippen LogP contribution in [0, 0.1) is 11.0 Å². The highest BCUT2D eigenvalue weighted by Gasteiger charge is 2.33. The maximum absolute atomic E-state index is 13.1. The fourth-order valence-corrected chi connectivity index (χ4v) is 4.02. The Morgan fingerprint density at radius 2 is 1.97 bits per heavy atom. The van der Waals surface area contributed by atoms with E-state index in [2.05, 4.69) is 10.3 Å². The molecule has 12 heteroatoms. The number of aromatic nitrogens is 3. The number of nitrogens with zero attached hydrogens (tertiary/aromatic N) is 5. The maximum atomic E-state index is 13.1. The molecule has 0 radical (unpaired) electrons. The molecule has 1 unspecified atom stereocenters. The van der Waals surface area contributed by atoms with Gasteiger partial charge in [-0.2, -0.15) is 4.73 Å². The molecular formula is C24H25FN6O5. The summed E-state index contributed by atoms with van der Waals surface area (Å²) in [5.41, 5.74) is -0.647. The van der Waals surface area contributed by atoms with Crippen LogP contribution in [-0.2, 0) is 13.1 Å². The molecule has 1 aromatic carbocycles. The average molecular weight is 496 g/mol. The highest BCUT2D eigenvalue weighted by molar-refractivity contribution is 5.94. The van der Waals surface area contributed by atoms with Gasteiger partial charge < -0.3 is 20.5 Å². The summed E-state index contributed by atoms with van der Waals surface area (Å²) in [6.07, 6.45) is 1.23. The summed E-state index contributed by atoms with van der Waals surface area (Å²) in [7, 11) is 3.31. The van der Waals surface area contributed by atoms with E-state index in [4.69, 9.17) is 0 Å². The lowest BCUT2D eigenvalue weighted by molar-refractivity contribution is -0.608. The van der Waals surface area contributed by atoms with E-state index in [1.165, 1.54) is 59.1 Å². The van der Waals surface area contributed by atoms with Crippen molar-refractivity contribution in [3.8, 4) is 5.75 Å². The number of benzene rings is 1. The zero-order valence-corrected chi connectivity index (χ0v) is 19.7. The molecule has 0 bridgehead atoms. The normalized spacial score (nSPS) is 15.2. The number of halogens is 1. The lowest BCUT2D eigenvalue weighted by atomic mass is 10.1. The Morgan fingerprint density at radius 3 is 2.67 bits per heavy atom. The number of rotatable bonds is 6. The van der Waals surface area contributed by atoms with Gasteiger partial charge in [0.2, 0.25) is 5.75 Å². The van der Waals surface area contributed by atoms with E-state index in [1.807, 2.05) is 4.90 Å². The van der Waals surface area contributed by atoms with Crippen LogP contribution in [0.3, 0.4) is 0 Å². The smallest absolute Gasteiger partial charge is 0.319 e. The second-order valence-electron chi connectivity index (χ2n) is 8.53. The maximum Gasteiger partial charge on any atom is 0.319 e. The third-order valence-corrected chi connectivity index (χ3v) is 6.10. The number of likely N-dealkylation sites (N-methyl/N-ethyl adjacent to an activating group) is 2. The van der Waals surface area contributed by atoms with Crippen molar-refractivity contribution in [1.82, 2.24) is 24.7 Å². The SMILES string of the molecule is CN(CC1c2nc(C(=O)NCc3ccc(F)cc3)c(O)c(=O)n2CCN1C)C(=O)c1cccc[n+]1[O-]. The van der Waals surface area contributed by atoms with E-state index in [1.54, 1.807) is 13.1 Å². The van der Waals surface area contributed by atoms with Crippen LogP contribution in [0.2, 0.25) is 0 Å². The van der Waals surface area contributed by atoms with Crippen molar-refractivity contribution in [3.63, 3.8) is 0 Å². The summed E-state index contributed by atoms with van der Waals surface area (Å²) in [6, 6.07) is 9.43. The molecule has 1 aliphatic heterocycles. The van der Waals surface area contributed by atoms with Gasteiger partial charge in [-0.25, -0.2) is 9.37 Å². The Balaban J connectivity index is 1.60. The summed E-state index contributed by atoms with van der Waals surface area (Å²) < 4.78 is 14.9. The van der Waals surface area contributed by atoms with Gasteiger partial charge in [0.15, 0.2) is 11.9 Å². The van der Waals surface area contributed by atoms with Crippen molar-refractivity contribution < 1.29 is 23.8 Å². The van der Waals surface area contributed by atoms with Gasteiger partial charge in [-0.1, -0.05) is 12.1 Å². The number of pyridine rings is 1. The summed E-state index contributed by atoms with van der Waals surface area (Å²) in [5.74, 6) is -2.27. The van der Waals surface area contributed by atoms with E-state index in [9.17, 15) is 29.1 Å². The average Bonchev–Trinajstić information content (AvgIpc) is 2.87. The Bertz CT molecular complexity index is 1360. The van der Waals surface area contributed by atoms with Crippen molar-refractivity contribution in [3.05, 3.63) is 92.8 Å². The molecule has 11 nitrogen and oxygen atoms in total. The van der Waals surface area contributed by atoms with Crippen molar-refractivity contribution in [2.75, 3.05) is 27.2 Å². The molecular weight excluding hydrogens is 471 g/mol. The fourth-order valence-electron chi connectivity index (χ4n) is 4.02. The topological polar surface area (TPSA) is 135 Å². The van der Waals surface area contributed by atoms with Gasteiger partial charge in [0, 0.05) is 45.4 Å². The Kier molecular flexibility index (Phi) is 6.97. The van der Waals surface area contributed by atoms with Crippen LogP contribution in [0.5, 0.6) is 5.75 Å². The predicted molar refractivity (Wildman–Crippen MR) is 125 cm³/mol. The molecule has 188 valence electrons. The van der Waals surface area contributed by atoms with Crippen LogP contribution in [0.15, 0.2) is 53.5 Å². The van der Waals surface area contributed by atoms with Crippen LogP contribution < -0.4 is 15.6 Å². The highest BCUT2D eigenvalue weighted by Crippen LogP contribution is 2.25. The monoisotopic (exact) mass is 496 g/mol. The van der Waals surface area contributed by atoms with Gasteiger partial charge in [0.1, 0.15) is 11.6 Å². The fraction of sp³-hybridized carbons (Fsp3) is 0.292. The summed E-state index contributed by atoms with van der Waals surface area (Å²) in [6.45, 7) is 0.767. The standard InChI is InChI=1S/C24H25FN6O5/c1-28-11-12-30-21(18(28)14-29(2)23(34)17-5-3-4-10-31(17)36)27-19(20(32)24(30)35)22(33)26-13-15-6-8-16(25)9-7-15/h3-10,18,32H,11-14H2,1-2H3,(H,26,33). The number of amides is 2. The first-order valence-corrected chi connectivity index (χ1v) is 11.2. The highest BCUT2D eigenvalue weighted by atomic mass is 19.1. The van der Waals surface area contributed by atoms with Crippen LogP contribution >= 0.6 is 0 Å². The summed E-state index contributed by atoms with van der Waals surface area (Å²) in [5, 5.41) is 25.0. The van der Waals surface area contributed by atoms with Crippen LogP contribution in [0.4, 0.5) is 4.39 Å². The molecule has 36 heavy (non-hydrogen) atoms. The van der Waals surface area contributed by atoms with Crippen LogP contribution in [0.25, 0.3) is 0 Å². The van der Waals surface area contributed by atoms with E-state index < -0.39 is 40.7 Å². The summed E-state index contributed by atoms with van der Waals surface area (Å²) in [4.78, 5) is 46.1. The minimum absolute atomic E-state index is 0.0332. The minimum Gasteiger partial charge on any atom is -0.618 e. The van der Waals surface area contributed by atoms with Gasteiger partial charge in [-0.15, -0.1) is 0 Å². The number of aromatic hydroxyl groups is 1. The molecule has 3 heterocycles. The van der Waals surface area contributed by atoms with Crippen molar-refractivity contribution in [1.29, 1.82) is 0 Å². The van der Waals surface area contributed by atoms with E-state index in [0.717, 1.165) is 0 Å². The largest absolute Gasteiger partial charge is 0.618 e. The Hall–Kier alpha value is -4.32. The molecule has 2 aromatic heterocycles. The number of carbonyl (C=O) groups is 2. The molecule has 2 amide bonds. The molecule has 4 rings (SSSR count). The van der Waals surface area contributed by atoms with Crippen molar-refractivity contribution >= 4 is 11.8 Å². The lowest BCUT2D eigenvalue weighted by Gasteiger charge is -2.36. The first-order valence-electron chi connectivity index (χ1n) is 11.2. The zero-order valence-electron chi connectivity index (χ0n) is 19.7. The third-order valence-electron chi connectivity index (χ3n) is 6.10. The summed E-state index contributed by atoms with van der Waals surface area (Å²) >= 11 is 0. The van der Waals surface area contributed by atoms with Crippen molar-refractivity contribution in [2.24, 2.45) is 0 Å². The Morgan fingerprint density at radius 1 is 1.25 bits per heavy atom. The van der Waals surface area contributed by atoms with Crippen LogP contribution in [0.1, 0.15) is 38.4 Å². The van der Waals surface area contributed by atoms with Crippen molar-refractivity contribution in [2.45, 2.75) is 19.1 Å². The molecule has 0 fully saturated rings. The van der Waals surface area contributed by atoms with E-state index in [0.29, 0.717) is 16.8 Å². The van der Waals surface area contributed by atoms with Gasteiger partial charge in [0.05, 0.1) is 6.04 Å². The molecule has 0 aliphatic carbocycles. The second kappa shape index (κ2) is 10.1. The van der Waals surface area contributed by atoms with Gasteiger partial charge >= 0.3 is 5.91 Å². The molecule has 3 aromatic rings. The third kappa shape index (κ3) is 4.89. The number of hydrogen-bond acceptors (Lipinski definition) is 7. The first-order chi connectivity index (χ1) is 17.2. The second-order valence-corrected chi connectivity index (χ2v) is 8.53. The molecule has 0 spiro atoms. The van der Waals surface area contributed by atoms with E-state index >= 15 is 0 Å². The predicted octanol–water partition coefficient (Wildman–Crippen LogP) is 0.410. The minimum atomic E-state index is -0.778. The molecule has 2 N–H and O–H groups in total. The van der Waals surface area contributed by atoms with Crippen LogP contribution in [-0.4, -0.2) is 63.5 Å². The van der Waals surface area contributed by atoms with Gasteiger partial charge in [-0.3, -0.25) is 23.9 Å². The Labute approximate surface area is 205 Å². The van der Waals surface area contributed by atoms with Gasteiger partial charge in [0.25, 0.3) is 17.2 Å². The number of fused-ring (bicyclic) bond motifs is 1. The lowest BCUT2D eigenvalue weighted by Crippen LogP contribution is -2.48. The number of hydrogen-bond donors (Lipinski definition) is 2.